The third kappa shape index (κ3) is 3.71. The first kappa shape index (κ1) is 13.4. The number of rotatable bonds is 5. The first-order chi connectivity index (χ1) is 9.10. The smallest absolute Gasteiger partial charge is 0.223 e. The fourth-order valence-corrected chi connectivity index (χ4v) is 1.83. The number of hydrogen-bond donors (Lipinski definition) is 2. The van der Waals surface area contributed by atoms with Crippen molar-refractivity contribution in [3.05, 3.63) is 23.8 Å². The summed E-state index contributed by atoms with van der Waals surface area (Å²) in [5.74, 6) is 0.759. The lowest BCUT2D eigenvalue weighted by molar-refractivity contribution is -0.122. The largest absolute Gasteiger partial charge is 0.495 e. The third-order valence-electron chi connectivity index (χ3n) is 2.99. The zero-order valence-corrected chi connectivity index (χ0v) is 11.2. The molecule has 0 radical (unpaired) electrons. The molecule has 0 spiro atoms. The van der Waals surface area contributed by atoms with E-state index in [1.165, 1.54) is 6.92 Å². The van der Waals surface area contributed by atoms with Gasteiger partial charge in [-0.2, -0.15) is 0 Å². The molecule has 1 aliphatic carbocycles. The zero-order valence-electron chi connectivity index (χ0n) is 11.2. The Morgan fingerprint density at radius 2 is 2.11 bits per heavy atom. The summed E-state index contributed by atoms with van der Waals surface area (Å²) in [4.78, 5) is 22.7. The van der Waals surface area contributed by atoms with Crippen molar-refractivity contribution < 1.29 is 14.3 Å². The van der Waals surface area contributed by atoms with Crippen molar-refractivity contribution in [2.24, 2.45) is 5.92 Å². The number of carbonyl (C=O) groups excluding carboxylic acids is 2. The maximum Gasteiger partial charge on any atom is 0.223 e. The highest BCUT2D eigenvalue weighted by Gasteiger charge is 2.29. The molecular weight excluding hydrogens is 244 g/mol. The van der Waals surface area contributed by atoms with Gasteiger partial charge < -0.3 is 15.4 Å². The van der Waals surface area contributed by atoms with Crippen molar-refractivity contribution in [2.45, 2.75) is 26.3 Å². The van der Waals surface area contributed by atoms with Gasteiger partial charge in [-0.25, -0.2) is 0 Å². The average Bonchev–Trinajstić information content (AvgIpc) is 3.19. The average molecular weight is 262 g/mol. The van der Waals surface area contributed by atoms with Gasteiger partial charge in [-0.05, 0) is 30.5 Å². The van der Waals surface area contributed by atoms with Gasteiger partial charge in [0.15, 0.2) is 0 Å². The van der Waals surface area contributed by atoms with Gasteiger partial charge in [-0.3, -0.25) is 9.59 Å². The molecule has 0 atom stereocenters. The van der Waals surface area contributed by atoms with Crippen molar-refractivity contribution in [3.8, 4) is 5.75 Å². The minimum Gasteiger partial charge on any atom is -0.495 e. The molecule has 0 saturated heterocycles. The molecule has 0 aromatic heterocycles. The molecule has 2 rings (SSSR count). The van der Waals surface area contributed by atoms with Gasteiger partial charge in [-0.15, -0.1) is 0 Å². The van der Waals surface area contributed by atoms with E-state index in [0.717, 1.165) is 18.4 Å². The van der Waals surface area contributed by atoms with E-state index in [0.29, 0.717) is 18.0 Å². The molecule has 1 aromatic carbocycles. The first-order valence-electron chi connectivity index (χ1n) is 6.32. The van der Waals surface area contributed by atoms with E-state index in [1.807, 2.05) is 12.1 Å². The standard InChI is InChI=1S/C14H18N2O3/c1-9(17)16-12-7-10(3-6-13(12)19-2)8-15-14(18)11-4-5-11/h3,6-7,11H,4-5,8H2,1-2H3,(H,15,18)(H,16,17). The van der Waals surface area contributed by atoms with Crippen LogP contribution in [-0.4, -0.2) is 18.9 Å². The van der Waals surface area contributed by atoms with Crippen LogP contribution in [0, 0.1) is 5.92 Å². The normalized spacial score (nSPS) is 13.8. The number of nitrogens with one attached hydrogen (secondary N) is 2. The molecular formula is C14H18N2O3. The molecule has 102 valence electrons. The van der Waals surface area contributed by atoms with Crippen molar-refractivity contribution in [3.63, 3.8) is 0 Å². The first-order valence-corrected chi connectivity index (χ1v) is 6.32. The summed E-state index contributed by atoms with van der Waals surface area (Å²) in [6.07, 6.45) is 1.98. The van der Waals surface area contributed by atoms with Crippen LogP contribution in [0.25, 0.3) is 0 Å². The SMILES string of the molecule is COc1ccc(CNC(=O)C2CC2)cc1NC(C)=O. The Hall–Kier alpha value is -2.04. The fourth-order valence-electron chi connectivity index (χ4n) is 1.83. The number of ether oxygens (including phenoxy) is 1. The highest BCUT2D eigenvalue weighted by atomic mass is 16.5. The lowest BCUT2D eigenvalue weighted by Gasteiger charge is -2.11. The van der Waals surface area contributed by atoms with Crippen LogP contribution in [0.4, 0.5) is 5.69 Å². The predicted octanol–water partition coefficient (Wildman–Crippen LogP) is 1.68. The van der Waals surface area contributed by atoms with E-state index in [4.69, 9.17) is 4.74 Å². The molecule has 1 aromatic rings. The second-order valence-electron chi connectivity index (χ2n) is 4.71. The van der Waals surface area contributed by atoms with Gasteiger partial charge in [0.2, 0.25) is 11.8 Å². The van der Waals surface area contributed by atoms with E-state index < -0.39 is 0 Å². The number of carbonyl (C=O) groups is 2. The van der Waals surface area contributed by atoms with Crippen molar-refractivity contribution in [1.82, 2.24) is 5.32 Å². The van der Waals surface area contributed by atoms with Crippen molar-refractivity contribution >= 4 is 17.5 Å². The van der Waals surface area contributed by atoms with Gasteiger partial charge in [0.25, 0.3) is 0 Å². The summed E-state index contributed by atoms with van der Waals surface area (Å²) < 4.78 is 5.17. The maximum atomic E-state index is 11.6. The minimum atomic E-state index is -0.155. The lowest BCUT2D eigenvalue weighted by Crippen LogP contribution is -2.24. The Labute approximate surface area is 112 Å². The van der Waals surface area contributed by atoms with E-state index in [-0.39, 0.29) is 17.7 Å². The summed E-state index contributed by atoms with van der Waals surface area (Å²) >= 11 is 0. The Bertz CT molecular complexity index is 495. The number of benzene rings is 1. The van der Waals surface area contributed by atoms with Gasteiger partial charge in [-0.1, -0.05) is 6.07 Å². The maximum absolute atomic E-state index is 11.6. The second kappa shape index (κ2) is 5.73. The summed E-state index contributed by atoms with van der Waals surface area (Å²) in [7, 11) is 1.55. The Morgan fingerprint density at radius 3 is 2.68 bits per heavy atom. The number of amides is 2. The third-order valence-corrected chi connectivity index (χ3v) is 2.99. The molecule has 5 heteroatoms. The van der Waals surface area contributed by atoms with Gasteiger partial charge in [0, 0.05) is 19.4 Å². The molecule has 1 saturated carbocycles. The Morgan fingerprint density at radius 1 is 1.37 bits per heavy atom. The van der Waals surface area contributed by atoms with Crippen LogP contribution in [0.1, 0.15) is 25.3 Å². The quantitative estimate of drug-likeness (QED) is 0.848. The monoisotopic (exact) mass is 262 g/mol. The van der Waals surface area contributed by atoms with Gasteiger partial charge >= 0.3 is 0 Å². The van der Waals surface area contributed by atoms with E-state index in [1.54, 1.807) is 13.2 Å². The number of methoxy groups -OCH3 is 1. The molecule has 0 aliphatic heterocycles. The summed E-state index contributed by atoms with van der Waals surface area (Å²) in [5.41, 5.74) is 1.55. The molecule has 1 aliphatic rings. The molecule has 0 bridgehead atoms. The van der Waals surface area contributed by atoms with Gasteiger partial charge in [0.1, 0.15) is 5.75 Å². The number of hydrogen-bond acceptors (Lipinski definition) is 3. The molecule has 0 unspecified atom stereocenters. The van der Waals surface area contributed by atoms with Gasteiger partial charge in [0.05, 0.1) is 12.8 Å². The van der Waals surface area contributed by atoms with Crippen molar-refractivity contribution in [2.75, 3.05) is 12.4 Å². The molecule has 19 heavy (non-hydrogen) atoms. The number of anilines is 1. The Balaban J connectivity index is 2.03. The summed E-state index contributed by atoms with van der Waals surface area (Å²) in [6, 6.07) is 5.47. The predicted molar refractivity (Wildman–Crippen MR) is 71.9 cm³/mol. The van der Waals surface area contributed by atoms with Crippen LogP contribution in [0.3, 0.4) is 0 Å². The molecule has 1 fully saturated rings. The van der Waals surface area contributed by atoms with Crippen LogP contribution in [-0.2, 0) is 16.1 Å². The topological polar surface area (TPSA) is 67.4 Å². The zero-order chi connectivity index (χ0) is 13.8. The van der Waals surface area contributed by atoms with Crippen LogP contribution in [0.15, 0.2) is 18.2 Å². The minimum absolute atomic E-state index is 0.108. The second-order valence-corrected chi connectivity index (χ2v) is 4.71. The molecule has 0 heterocycles. The lowest BCUT2D eigenvalue weighted by atomic mass is 10.1. The van der Waals surface area contributed by atoms with E-state index in [9.17, 15) is 9.59 Å². The highest BCUT2D eigenvalue weighted by molar-refractivity contribution is 5.90. The van der Waals surface area contributed by atoms with Crippen LogP contribution in [0.2, 0.25) is 0 Å². The van der Waals surface area contributed by atoms with Crippen LogP contribution in [0.5, 0.6) is 5.75 Å². The molecule has 2 N–H and O–H groups in total. The molecule has 5 nitrogen and oxygen atoms in total. The van der Waals surface area contributed by atoms with E-state index in [2.05, 4.69) is 10.6 Å². The highest BCUT2D eigenvalue weighted by Crippen LogP contribution is 2.29. The molecule has 2 amide bonds. The van der Waals surface area contributed by atoms with Crippen LogP contribution >= 0.6 is 0 Å². The summed E-state index contributed by atoms with van der Waals surface area (Å²) in [6.45, 7) is 1.91. The Kier molecular flexibility index (Phi) is 4.04. The van der Waals surface area contributed by atoms with Crippen LogP contribution < -0.4 is 15.4 Å². The fraction of sp³-hybridized carbons (Fsp3) is 0.429. The van der Waals surface area contributed by atoms with E-state index >= 15 is 0 Å². The van der Waals surface area contributed by atoms with Crippen molar-refractivity contribution in [1.29, 1.82) is 0 Å². The summed E-state index contributed by atoms with van der Waals surface area (Å²) in [5, 5.41) is 5.60.